The lowest BCUT2D eigenvalue weighted by Gasteiger charge is -2.30. The molecular weight excluding hydrogens is 485 g/mol. The van der Waals surface area contributed by atoms with E-state index < -0.39 is 17.8 Å². The predicted octanol–water partition coefficient (Wildman–Crippen LogP) is 5.45. The van der Waals surface area contributed by atoms with Gasteiger partial charge in [0.05, 0.1) is 12.2 Å². The molecule has 0 aliphatic carbocycles. The van der Waals surface area contributed by atoms with Crippen LogP contribution in [0.5, 0.6) is 0 Å². The van der Waals surface area contributed by atoms with Crippen LogP contribution in [0.25, 0.3) is 0 Å². The second kappa shape index (κ2) is 13.0. The molecule has 1 aromatic carbocycles. The Hall–Kier alpha value is -2.55. The number of carboxylic acids is 1. The van der Waals surface area contributed by atoms with Crippen LogP contribution in [0.2, 0.25) is 0 Å². The van der Waals surface area contributed by atoms with Gasteiger partial charge in [0.2, 0.25) is 0 Å². The summed E-state index contributed by atoms with van der Waals surface area (Å²) >= 11 is 0. The minimum Gasteiger partial charge on any atom is -0.480 e. The number of nitrogens with zero attached hydrogens (tertiary/aromatic N) is 2. The highest BCUT2D eigenvalue weighted by molar-refractivity contribution is 5.76. The number of carboxylic acid groups (broad SMARTS) is 1. The van der Waals surface area contributed by atoms with Gasteiger partial charge in [-0.2, -0.15) is 0 Å². The number of ether oxygens (including phenoxy) is 2. The highest BCUT2D eigenvalue weighted by Crippen LogP contribution is 2.36. The molecule has 3 aliphatic rings. The van der Waals surface area contributed by atoms with Crippen LogP contribution < -0.4 is 5.32 Å². The Morgan fingerprint density at radius 3 is 2.95 bits per heavy atom. The number of unbranched alkanes of at least 4 members (excludes halogenated alkanes) is 2. The molecule has 0 saturated carbocycles. The molecule has 3 atom stereocenters. The van der Waals surface area contributed by atoms with Gasteiger partial charge in [0.25, 0.3) is 0 Å². The number of benzene rings is 1. The van der Waals surface area contributed by atoms with Crippen molar-refractivity contribution in [3.8, 4) is 0 Å². The Balaban J connectivity index is 1.09. The van der Waals surface area contributed by atoms with Crippen LogP contribution in [-0.4, -0.2) is 59.9 Å². The SMILES string of the molecule is O=C(O)[C@H](c1cc(F)ccc1[C@H]1CCCCO1)N1CC[C@@H](OCCCCCc2ccc3c(n2)NCCC3)C1. The fourth-order valence-corrected chi connectivity index (χ4v) is 6.02. The number of hydrogen-bond acceptors (Lipinski definition) is 6. The number of likely N-dealkylation sites (tertiary alicyclic amines) is 1. The first kappa shape index (κ1) is 27.0. The molecule has 206 valence electrons. The number of aryl methyl sites for hydroxylation is 2. The van der Waals surface area contributed by atoms with E-state index in [-0.39, 0.29) is 12.2 Å². The van der Waals surface area contributed by atoms with Crippen molar-refractivity contribution in [2.45, 2.75) is 82.5 Å². The Morgan fingerprint density at radius 1 is 1.18 bits per heavy atom. The molecule has 3 aliphatic heterocycles. The standard InChI is InChI=1S/C30H40FN3O4/c31-22-11-13-25(27-9-3-5-18-38-27)26(19-22)28(30(35)36)34-16-14-24(20-34)37-17-4-1-2-8-23-12-10-21-7-6-15-32-29(21)33-23/h10-13,19,24,27-28H,1-9,14-18,20H2,(H,32,33)(H,35,36)/t24-,27-,28+/m1/s1. The molecule has 0 radical (unpaired) electrons. The maximum Gasteiger partial charge on any atom is 0.325 e. The molecule has 0 unspecified atom stereocenters. The number of fused-ring (bicyclic) bond motifs is 1. The number of anilines is 1. The summed E-state index contributed by atoms with van der Waals surface area (Å²) in [5.74, 6) is -0.321. The summed E-state index contributed by atoms with van der Waals surface area (Å²) in [4.78, 5) is 19.1. The monoisotopic (exact) mass is 525 g/mol. The fourth-order valence-electron chi connectivity index (χ4n) is 6.02. The van der Waals surface area contributed by atoms with Crippen LogP contribution in [0.3, 0.4) is 0 Å². The van der Waals surface area contributed by atoms with E-state index in [1.165, 1.54) is 24.1 Å². The summed E-state index contributed by atoms with van der Waals surface area (Å²) in [5, 5.41) is 13.6. The van der Waals surface area contributed by atoms with Crippen molar-refractivity contribution in [1.82, 2.24) is 9.88 Å². The van der Waals surface area contributed by atoms with Crippen LogP contribution in [0.15, 0.2) is 30.3 Å². The average Bonchev–Trinajstić information content (AvgIpc) is 3.39. The van der Waals surface area contributed by atoms with Crippen LogP contribution in [0.4, 0.5) is 10.2 Å². The summed E-state index contributed by atoms with van der Waals surface area (Å²) in [6, 6.07) is 7.95. The molecule has 2 saturated heterocycles. The number of aliphatic carboxylic acids is 1. The first-order valence-corrected chi connectivity index (χ1v) is 14.3. The highest BCUT2D eigenvalue weighted by atomic mass is 19.1. The zero-order valence-electron chi connectivity index (χ0n) is 22.2. The molecule has 4 heterocycles. The summed E-state index contributed by atoms with van der Waals surface area (Å²) in [6.07, 6.45) is 9.80. The number of carbonyl (C=O) groups is 1. The van der Waals surface area contributed by atoms with Gasteiger partial charge in [-0.05, 0) is 92.7 Å². The van der Waals surface area contributed by atoms with Gasteiger partial charge in [0, 0.05) is 38.5 Å². The van der Waals surface area contributed by atoms with E-state index in [4.69, 9.17) is 14.5 Å². The topological polar surface area (TPSA) is 83.9 Å². The van der Waals surface area contributed by atoms with Gasteiger partial charge in [-0.3, -0.25) is 9.69 Å². The number of rotatable bonds is 11. The zero-order valence-corrected chi connectivity index (χ0v) is 22.2. The van der Waals surface area contributed by atoms with Crippen molar-refractivity contribution < 1.29 is 23.8 Å². The van der Waals surface area contributed by atoms with Crippen LogP contribution in [0, 0.1) is 5.82 Å². The second-order valence-electron chi connectivity index (χ2n) is 10.8. The summed E-state index contributed by atoms with van der Waals surface area (Å²) < 4.78 is 26.3. The van der Waals surface area contributed by atoms with Crippen molar-refractivity contribution in [2.24, 2.45) is 0 Å². The van der Waals surface area contributed by atoms with Gasteiger partial charge in [-0.25, -0.2) is 9.37 Å². The number of nitrogens with one attached hydrogen (secondary N) is 1. The number of hydrogen-bond donors (Lipinski definition) is 2. The third-order valence-electron chi connectivity index (χ3n) is 8.03. The quantitative estimate of drug-likeness (QED) is 0.378. The predicted molar refractivity (Wildman–Crippen MR) is 144 cm³/mol. The van der Waals surface area contributed by atoms with E-state index in [0.717, 1.165) is 81.4 Å². The highest BCUT2D eigenvalue weighted by Gasteiger charge is 2.36. The normalized spacial score (nSPS) is 22.6. The van der Waals surface area contributed by atoms with Gasteiger partial charge in [0.15, 0.2) is 0 Å². The number of pyridine rings is 1. The van der Waals surface area contributed by atoms with Crippen molar-refractivity contribution in [3.05, 3.63) is 58.5 Å². The molecule has 5 rings (SSSR count). The summed E-state index contributed by atoms with van der Waals surface area (Å²) in [5.41, 5.74) is 3.77. The van der Waals surface area contributed by atoms with E-state index in [1.54, 1.807) is 6.07 Å². The maximum absolute atomic E-state index is 14.3. The van der Waals surface area contributed by atoms with Gasteiger partial charge in [0.1, 0.15) is 17.7 Å². The minimum atomic E-state index is -0.959. The van der Waals surface area contributed by atoms with Crippen LogP contribution in [-0.2, 0) is 27.1 Å². The largest absolute Gasteiger partial charge is 0.480 e. The summed E-state index contributed by atoms with van der Waals surface area (Å²) in [7, 11) is 0. The van der Waals surface area contributed by atoms with E-state index in [2.05, 4.69) is 17.4 Å². The Morgan fingerprint density at radius 2 is 2.11 bits per heavy atom. The average molecular weight is 526 g/mol. The Kier molecular flexibility index (Phi) is 9.25. The van der Waals surface area contributed by atoms with E-state index >= 15 is 0 Å². The van der Waals surface area contributed by atoms with E-state index in [9.17, 15) is 14.3 Å². The molecule has 7 nitrogen and oxygen atoms in total. The molecule has 38 heavy (non-hydrogen) atoms. The molecular formula is C30H40FN3O4. The number of halogens is 1. The van der Waals surface area contributed by atoms with Crippen molar-refractivity contribution in [1.29, 1.82) is 0 Å². The van der Waals surface area contributed by atoms with Gasteiger partial charge in [-0.15, -0.1) is 0 Å². The van der Waals surface area contributed by atoms with Gasteiger partial charge < -0.3 is 19.9 Å². The lowest BCUT2D eigenvalue weighted by molar-refractivity contribution is -0.143. The lowest BCUT2D eigenvalue weighted by atomic mass is 9.92. The third kappa shape index (κ3) is 6.71. The van der Waals surface area contributed by atoms with E-state index in [1.807, 2.05) is 4.90 Å². The van der Waals surface area contributed by atoms with Crippen molar-refractivity contribution >= 4 is 11.8 Å². The van der Waals surface area contributed by atoms with Crippen molar-refractivity contribution in [2.75, 3.05) is 38.2 Å². The zero-order chi connectivity index (χ0) is 26.3. The summed E-state index contributed by atoms with van der Waals surface area (Å²) in [6.45, 7) is 3.47. The first-order chi connectivity index (χ1) is 18.6. The maximum atomic E-state index is 14.3. The van der Waals surface area contributed by atoms with Gasteiger partial charge in [-0.1, -0.05) is 18.6 Å². The molecule has 2 fully saturated rings. The van der Waals surface area contributed by atoms with Gasteiger partial charge >= 0.3 is 5.97 Å². The molecule has 1 aromatic heterocycles. The molecule has 2 N–H and O–H groups in total. The Labute approximate surface area is 224 Å². The van der Waals surface area contributed by atoms with E-state index in [0.29, 0.717) is 31.9 Å². The molecule has 2 aromatic rings. The molecule has 0 bridgehead atoms. The number of aromatic nitrogens is 1. The smallest absolute Gasteiger partial charge is 0.325 e. The van der Waals surface area contributed by atoms with Crippen LogP contribution in [0.1, 0.15) is 85.9 Å². The van der Waals surface area contributed by atoms with Crippen molar-refractivity contribution in [3.63, 3.8) is 0 Å². The van der Waals surface area contributed by atoms with Crippen LogP contribution >= 0.6 is 0 Å². The fraction of sp³-hybridized carbons (Fsp3) is 0.600. The third-order valence-corrected chi connectivity index (χ3v) is 8.03. The first-order valence-electron chi connectivity index (χ1n) is 14.3. The Bertz CT molecular complexity index is 1090. The lowest BCUT2D eigenvalue weighted by Crippen LogP contribution is -2.34. The minimum absolute atomic E-state index is 0.00632. The second-order valence-corrected chi connectivity index (χ2v) is 10.8. The molecule has 0 spiro atoms. The molecule has 8 heteroatoms. The molecule has 0 amide bonds.